The largest absolute Gasteiger partial charge is 0.492 e. The molecule has 0 bridgehead atoms. The van der Waals surface area contributed by atoms with Crippen LogP contribution in [0, 0.1) is 5.92 Å². The summed E-state index contributed by atoms with van der Waals surface area (Å²) in [4.78, 5) is 0. The highest BCUT2D eigenvalue weighted by molar-refractivity contribution is 5.76. The van der Waals surface area contributed by atoms with Gasteiger partial charge < -0.3 is 9.47 Å². The molecule has 1 fully saturated rings. The minimum absolute atomic E-state index is 0.0812. The SMILES string of the molecule is C1=C2c3ccccc3OC[C@@H]2[C@@H](c2ccccc2)OC12CCCC2. The lowest BCUT2D eigenvalue weighted by atomic mass is 9.78. The summed E-state index contributed by atoms with van der Waals surface area (Å²) in [5, 5.41) is 0. The fourth-order valence-electron chi connectivity index (χ4n) is 4.57. The maximum Gasteiger partial charge on any atom is 0.126 e. The molecule has 1 saturated carbocycles. The predicted molar refractivity (Wildman–Crippen MR) is 94.9 cm³/mol. The highest BCUT2D eigenvalue weighted by Crippen LogP contribution is 2.52. The lowest BCUT2D eigenvalue weighted by molar-refractivity contribution is -0.0934. The van der Waals surface area contributed by atoms with E-state index in [1.54, 1.807) is 0 Å². The summed E-state index contributed by atoms with van der Waals surface area (Å²) in [5.74, 6) is 1.29. The van der Waals surface area contributed by atoms with Crippen molar-refractivity contribution in [1.82, 2.24) is 0 Å². The van der Waals surface area contributed by atoms with Crippen molar-refractivity contribution >= 4 is 5.57 Å². The molecule has 24 heavy (non-hydrogen) atoms. The maximum atomic E-state index is 6.75. The molecule has 2 aromatic rings. The van der Waals surface area contributed by atoms with Crippen molar-refractivity contribution in [2.45, 2.75) is 37.4 Å². The van der Waals surface area contributed by atoms with Gasteiger partial charge in [-0.2, -0.15) is 0 Å². The second-order valence-electron chi connectivity index (χ2n) is 7.23. The van der Waals surface area contributed by atoms with Gasteiger partial charge in [0.25, 0.3) is 0 Å². The van der Waals surface area contributed by atoms with Crippen LogP contribution in [-0.4, -0.2) is 12.2 Å². The molecule has 0 saturated heterocycles. The number of ether oxygens (including phenoxy) is 2. The summed E-state index contributed by atoms with van der Waals surface area (Å²) < 4.78 is 12.8. The van der Waals surface area contributed by atoms with E-state index in [0.29, 0.717) is 6.61 Å². The molecule has 0 radical (unpaired) electrons. The molecule has 2 aliphatic heterocycles. The molecule has 1 spiro atoms. The first-order valence-electron chi connectivity index (χ1n) is 9.02. The van der Waals surface area contributed by atoms with Gasteiger partial charge in [0.2, 0.25) is 0 Å². The van der Waals surface area contributed by atoms with Gasteiger partial charge in [-0.15, -0.1) is 0 Å². The van der Waals surface area contributed by atoms with E-state index in [2.05, 4.69) is 60.7 Å². The van der Waals surface area contributed by atoms with Crippen LogP contribution >= 0.6 is 0 Å². The van der Waals surface area contributed by atoms with Crippen LogP contribution in [0.3, 0.4) is 0 Å². The molecule has 0 aromatic heterocycles. The lowest BCUT2D eigenvalue weighted by Crippen LogP contribution is -2.40. The molecular weight excluding hydrogens is 296 g/mol. The summed E-state index contributed by atoms with van der Waals surface area (Å²) >= 11 is 0. The minimum Gasteiger partial charge on any atom is -0.492 e. The Morgan fingerprint density at radius 1 is 0.875 bits per heavy atom. The van der Waals surface area contributed by atoms with E-state index in [9.17, 15) is 0 Å². The molecule has 5 rings (SSSR count). The fraction of sp³-hybridized carbons (Fsp3) is 0.364. The highest BCUT2D eigenvalue weighted by atomic mass is 16.5. The van der Waals surface area contributed by atoms with Crippen LogP contribution in [-0.2, 0) is 4.74 Å². The van der Waals surface area contributed by atoms with Crippen LogP contribution in [0.25, 0.3) is 5.57 Å². The quantitative estimate of drug-likeness (QED) is 0.723. The van der Waals surface area contributed by atoms with Crippen LogP contribution in [0.15, 0.2) is 60.7 Å². The predicted octanol–water partition coefficient (Wildman–Crippen LogP) is 5.16. The van der Waals surface area contributed by atoms with Crippen molar-refractivity contribution in [3.63, 3.8) is 0 Å². The monoisotopic (exact) mass is 318 g/mol. The van der Waals surface area contributed by atoms with E-state index in [-0.39, 0.29) is 17.6 Å². The summed E-state index contributed by atoms with van der Waals surface area (Å²) in [6.45, 7) is 0.693. The number of hydrogen-bond acceptors (Lipinski definition) is 2. The van der Waals surface area contributed by atoms with E-state index in [0.717, 1.165) is 18.6 Å². The number of benzene rings is 2. The molecule has 2 atom stereocenters. The van der Waals surface area contributed by atoms with Crippen LogP contribution in [0.2, 0.25) is 0 Å². The van der Waals surface area contributed by atoms with E-state index in [1.807, 2.05) is 0 Å². The first kappa shape index (κ1) is 14.3. The molecule has 3 aliphatic rings. The molecule has 2 heteroatoms. The lowest BCUT2D eigenvalue weighted by Gasteiger charge is -2.44. The van der Waals surface area contributed by atoms with E-state index >= 15 is 0 Å². The number of para-hydroxylation sites is 1. The minimum atomic E-state index is -0.0865. The maximum absolute atomic E-state index is 6.75. The van der Waals surface area contributed by atoms with Crippen molar-refractivity contribution in [3.8, 4) is 5.75 Å². The summed E-state index contributed by atoms with van der Waals surface area (Å²) in [7, 11) is 0. The number of hydrogen-bond donors (Lipinski definition) is 0. The number of rotatable bonds is 1. The van der Waals surface area contributed by atoms with E-state index in [1.165, 1.54) is 29.5 Å². The molecule has 2 aromatic carbocycles. The molecule has 0 unspecified atom stereocenters. The Balaban J connectivity index is 1.65. The Morgan fingerprint density at radius 2 is 1.62 bits per heavy atom. The molecule has 2 heterocycles. The highest BCUT2D eigenvalue weighted by Gasteiger charge is 2.45. The third kappa shape index (κ3) is 2.21. The van der Waals surface area contributed by atoms with Crippen molar-refractivity contribution in [2.24, 2.45) is 5.92 Å². The Labute approximate surface area is 143 Å². The average Bonchev–Trinajstić information content (AvgIpc) is 3.09. The zero-order valence-electron chi connectivity index (χ0n) is 13.8. The van der Waals surface area contributed by atoms with Crippen LogP contribution < -0.4 is 4.74 Å². The normalized spacial score (nSPS) is 27.1. The number of fused-ring (bicyclic) bond motifs is 3. The molecule has 2 nitrogen and oxygen atoms in total. The standard InChI is InChI=1S/C22H22O2/c1-2-8-16(9-3-1)21-19-15-23-20-11-5-4-10-17(20)18(19)14-22(24-21)12-6-7-13-22/h1-5,8-11,14,19,21H,6-7,12-13,15H2/t19-,21+/m0/s1. The first-order chi connectivity index (χ1) is 11.8. The summed E-state index contributed by atoms with van der Waals surface area (Å²) in [6.07, 6.45) is 7.30. The van der Waals surface area contributed by atoms with Crippen molar-refractivity contribution in [1.29, 1.82) is 0 Å². The van der Waals surface area contributed by atoms with Gasteiger partial charge in [-0.1, -0.05) is 61.4 Å². The van der Waals surface area contributed by atoms with Gasteiger partial charge in [0.15, 0.2) is 0 Å². The average molecular weight is 318 g/mol. The Bertz CT molecular complexity index is 772. The van der Waals surface area contributed by atoms with Crippen molar-refractivity contribution in [2.75, 3.05) is 6.61 Å². The zero-order valence-corrected chi connectivity index (χ0v) is 13.8. The van der Waals surface area contributed by atoms with Gasteiger partial charge >= 0.3 is 0 Å². The molecule has 122 valence electrons. The summed E-state index contributed by atoms with van der Waals surface area (Å²) in [5.41, 5.74) is 3.86. The molecule has 0 N–H and O–H groups in total. The van der Waals surface area contributed by atoms with Crippen LogP contribution in [0.4, 0.5) is 0 Å². The fourth-order valence-corrected chi connectivity index (χ4v) is 4.57. The van der Waals surface area contributed by atoms with E-state index < -0.39 is 0 Å². The second kappa shape index (κ2) is 5.49. The van der Waals surface area contributed by atoms with Gasteiger partial charge in [-0.3, -0.25) is 0 Å². The van der Waals surface area contributed by atoms with E-state index in [4.69, 9.17) is 9.47 Å². The zero-order chi connectivity index (χ0) is 16.0. The Kier molecular flexibility index (Phi) is 3.27. The second-order valence-corrected chi connectivity index (χ2v) is 7.23. The van der Waals surface area contributed by atoms with Gasteiger partial charge in [0, 0.05) is 11.5 Å². The van der Waals surface area contributed by atoms with Gasteiger partial charge in [-0.25, -0.2) is 0 Å². The first-order valence-corrected chi connectivity index (χ1v) is 9.02. The van der Waals surface area contributed by atoms with Crippen molar-refractivity contribution in [3.05, 3.63) is 71.8 Å². The van der Waals surface area contributed by atoms with Crippen LogP contribution in [0.1, 0.15) is 42.9 Å². The Morgan fingerprint density at radius 3 is 2.46 bits per heavy atom. The third-order valence-electron chi connectivity index (χ3n) is 5.74. The van der Waals surface area contributed by atoms with Crippen LogP contribution in [0.5, 0.6) is 5.75 Å². The smallest absolute Gasteiger partial charge is 0.126 e. The van der Waals surface area contributed by atoms with Crippen molar-refractivity contribution < 1.29 is 9.47 Å². The van der Waals surface area contributed by atoms with Gasteiger partial charge in [0.1, 0.15) is 5.75 Å². The molecule has 0 amide bonds. The summed E-state index contributed by atoms with van der Waals surface area (Å²) in [6, 6.07) is 19.1. The molecular formula is C22H22O2. The van der Waals surface area contributed by atoms with Gasteiger partial charge in [0.05, 0.1) is 18.3 Å². The molecule has 1 aliphatic carbocycles. The topological polar surface area (TPSA) is 18.5 Å². The Hall–Kier alpha value is -2.06. The third-order valence-corrected chi connectivity index (χ3v) is 5.74. The van der Waals surface area contributed by atoms with Gasteiger partial charge in [-0.05, 0) is 36.1 Å².